The van der Waals surface area contributed by atoms with Crippen molar-refractivity contribution in [1.29, 1.82) is 0 Å². The zero-order valence-corrected chi connectivity index (χ0v) is 10.6. The average molecular weight is 248 g/mol. The first-order valence-corrected chi connectivity index (χ1v) is 5.75. The molecule has 0 heterocycles. The monoisotopic (exact) mass is 247 g/mol. The van der Waals surface area contributed by atoms with Crippen LogP contribution in [0.1, 0.15) is 5.56 Å². The number of nitrogens with zero attached hydrogens (tertiary/aromatic N) is 1. The summed E-state index contributed by atoms with van der Waals surface area (Å²) in [5.74, 6) is 0.268. The van der Waals surface area contributed by atoms with E-state index in [2.05, 4.69) is 0 Å². The van der Waals surface area contributed by atoms with Crippen LogP contribution >= 0.6 is 11.6 Å². The molecule has 2 rings (SSSR count). The van der Waals surface area contributed by atoms with E-state index in [0.717, 1.165) is 22.0 Å². The van der Waals surface area contributed by atoms with Gasteiger partial charge in [-0.3, -0.25) is 0 Å². The molecule has 0 bridgehead atoms. The Hall–Kier alpha value is -1.67. The highest BCUT2D eigenvalue weighted by Crippen LogP contribution is 2.31. The third-order valence-electron chi connectivity index (χ3n) is 2.84. The number of rotatable bonds is 2. The van der Waals surface area contributed by atoms with Crippen LogP contribution in [-0.2, 0) is 0 Å². The number of hydrogen-bond donors (Lipinski definition) is 1. The predicted octanol–water partition coefficient (Wildman–Crippen LogP) is 4.12. The second-order valence-corrected chi connectivity index (χ2v) is 4.37. The van der Waals surface area contributed by atoms with Crippen LogP contribution in [0.3, 0.4) is 0 Å². The lowest BCUT2D eigenvalue weighted by molar-refractivity contribution is 0.475. The minimum absolute atomic E-state index is 0.268. The van der Waals surface area contributed by atoms with Crippen LogP contribution < -0.4 is 4.90 Å². The quantitative estimate of drug-likeness (QED) is 0.863. The summed E-state index contributed by atoms with van der Waals surface area (Å²) in [5.41, 5.74) is 3.11. The van der Waals surface area contributed by atoms with Crippen molar-refractivity contribution in [2.24, 2.45) is 0 Å². The molecule has 0 saturated heterocycles. The molecule has 0 radical (unpaired) electrons. The highest BCUT2D eigenvalue weighted by molar-refractivity contribution is 6.31. The Morgan fingerprint density at radius 2 is 1.71 bits per heavy atom. The first-order valence-electron chi connectivity index (χ1n) is 5.37. The van der Waals surface area contributed by atoms with Gasteiger partial charge in [-0.1, -0.05) is 17.7 Å². The topological polar surface area (TPSA) is 23.5 Å². The van der Waals surface area contributed by atoms with Crippen LogP contribution in [0.5, 0.6) is 5.75 Å². The summed E-state index contributed by atoms with van der Waals surface area (Å²) in [6, 6.07) is 12.9. The molecular formula is C14H14ClNO. The maximum Gasteiger partial charge on any atom is 0.115 e. The molecule has 17 heavy (non-hydrogen) atoms. The molecule has 0 saturated carbocycles. The number of phenols is 1. The first kappa shape index (κ1) is 11.8. The number of hydrogen-bond acceptors (Lipinski definition) is 2. The number of anilines is 2. The van der Waals surface area contributed by atoms with E-state index in [1.165, 1.54) is 0 Å². The predicted molar refractivity (Wildman–Crippen MR) is 72.4 cm³/mol. The lowest BCUT2D eigenvalue weighted by atomic mass is 10.1. The molecule has 0 aliphatic rings. The molecule has 0 aliphatic carbocycles. The fourth-order valence-corrected chi connectivity index (χ4v) is 1.94. The van der Waals surface area contributed by atoms with Gasteiger partial charge in [0.1, 0.15) is 5.75 Å². The van der Waals surface area contributed by atoms with Crippen molar-refractivity contribution in [2.75, 3.05) is 11.9 Å². The summed E-state index contributed by atoms with van der Waals surface area (Å²) >= 11 is 6.10. The van der Waals surface area contributed by atoms with Gasteiger partial charge in [0.15, 0.2) is 0 Å². The van der Waals surface area contributed by atoms with E-state index in [-0.39, 0.29) is 5.75 Å². The van der Waals surface area contributed by atoms with Crippen molar-refractivity contribution >= 4 is 23.0 Å². The van der Waals surface area contributed by atoms with Gasteiger partial charge in [-0.05, 0) is 48.9 Å². The summed E-state index contributed by atoms with van der Waals surface area (Å²) in [4.78, 5) is 2.04. The Kier molecular flexibility index (Phi) is 3.25. The Labute approximate surface area is 106 Å². The third-order valence-corrected chi connectivity index (χ3v) is 3.25. The van der Waals surface area contributed by atoms with Gasteiger partial charge in [-0.25, -0.2) is 0 Å². The lowest BCUT2D eigenvalue weighted by Crippen LogP contribution is -2.10. The number of aromatic hydroxyl groups is 1. The van der Waals surface area contributed by atoms with E-state index >= 15 is 0 Å². The minimum Gasteiger partial charge on any atom is -0.508 e. The molecule has 3 heteroatoms. The molecule has 2 aromatic rings. The molecule has 1 N–H and O–H groups in total. The standard InChI is InChI=1S/C14H14ClNO/c1-10-13(15)4-3-5-14(10)16(2)11-6-8-12(17)9-7-11/h3-9,17H,1-2H3. The van der Waals surface area contributed by atoms with Crippen molar-refractivity contribution in [3.05, 3.63) is 53.1 Å². The maximum absolute atomic E-state index is 9.27. The smallest absolute Gasteiger partial charge is 0.115 e. The number of halogens is 1. The van der Waals surface area contributed by atoms with Gasteiger partial charge in [0.25, 0.3) is 0 Å². The summed E-state index contributed by atoms with van der Waals surface area (Å²) in [5, 5.41) is 10.0. The molecule has 88 valence electrons. The molecule has 0 unspecified atom stereocenters. The van der Waals surface area contributed by atoms with Crippen LogP contribution in [0, 0.1) is 6.92 Å². The SMILES string of the molecule is Cc1c(Cl)cccc1N(C)c1ccc(O)cc1. The van der Waals surface area contributed by atoms with Gasteiger partial charge >= 0.3 is 0 Å². The Balaban J connectivity index is 2.40. The number of phenolic OH excluding ortho intramolecular Hbond substituents is 1. The fourth-order valence-electron chi connectivity index (χ4n) is 1.77. The molecule has 0 aromatic heterocycles. The van der Waals surface area contributed by atoms with Crippen LogP contribution in [0.2, 0.25) is 5.02 Å². The van der Waals surface area contributed by atoms with Crippen LogP contribution in [0.4, 0.5) is 11.4 Å². The van der Waals surface area contributed by atoms with Crippen LogP contribution in [0.25, 0.3) is 0 Å². The molecular weight excluding hydrogens is 234 g/mol. The van der Waals surface area contributed by atoms with E-state index in [9.17, 15) is 5.11 Å². The third kappa shape index (κ3) is 2.37. The Morgan fingerprint density at radius 3 is 2.35 bits per heavy atom. The molecule has 0 atom stereocenters. The Bertz CT molecular complexity index is 522. The van der Waals surface area contributed by atoms with E-state index in [0.29, 0.717) is 0 Å². The zero-order chi connectivity index (χ0) is 12.4. The Morgan fingerprint density at radius 1 is 1.06 bits per heavy atom. The van der Waals surface area contributed by atoms with Crippen molar-refractivity contribution in [3.8, 4) is 5.75 Å². The van der Waals surface area contributed by atoms with Crippen LogP contribution in [-0.4, -0.2) is 12.2 Å². The fraction of sp³-hybridized carbons (Fsp3) is 0.143. The van der Waals surface area contributed by atoms with Crippen LogP contribution in [0.15, 0.2) is 42.5 Å². The van der Waals surface area contributed by atoms with E-state index in [4.69, 9.17) is 11.6 Å². The molecule has 0 spiro atoms. The second kappa shape index (κ2) is 4.68. The van der Waals surface area contributed by atoms with Crippen molar-refractivity contribution in [2.45, 2.75) is 6.92 Å². The normalized spacial score (nSPS) is 10.3. The second-order valence-electron chi connectivity index (χ2n) is 3.96. The number of benzene rings is 2. The zero-order valence-electron chi connectivity index (χ0n) is 9.81. The van der Waals surface area contributed by atoms with Gasteiger partial charge in [-0.15, -0.1) is 0 Å². The lowest BCUT2D eigenvalue weighted by Gasteiger charge is -2.22. The largest absolute Gasteiger partial charge is 0.508 e. The highest BCUT2D eigenvalue weighted by Gasteiger charge is 2.08. The van der Waals surface area contributed by atoms with Crippen molar-refractivity contribution in [3.63, 3.8) is 0 Å². The summed E-state index contributed by atoms with van der Waals surface area (Å²) in [6.45, 7) is 1.99. The van der Waals surface area contributed by atoms with E-state index in [1.54, 1.807) is 12.1 Å². The molecule has 0 aliphatic heterocycles. The molecule has 0 amide bonds. The minimum atomic E-state index is 0.268. The first-order chi connectivity index (χ1) is 8.09. The van der Waals surface area contributed by atoms with Gasteiger partial charge in [0.2, 0.25) is 0 Å². The highest BCUT2D eigenvalue weighted by atomic mass is 35.5. The molecule has 2 aromatic carbocycles. The summed E-state index contributed by atoms with van der Waals surface area (Å²) in [7, 11) is 1.98. The maximum atomic E-state index is 9.27. The van der Waals surface area contributed by atoms with Gasteiger partial charge in [0.05, 0.1) is 0 Å². The van der Waals surface area contributed by atoms with Crippen molar-refractivity contribution < 1.29 is 5.11 Å². The molecule has 2 nitrogen and oxygen atoms in total. The molecule has 0 fully saturated rings. The average Bonchev–Trinajstić information content (AvgIpc) is 2.33. The van der Waals surface area contributed by atoms with Crippen molar-refractivity contribution in [1.82, 2.24) is 0 Å². The van der Waals surface area contributed by atoms with E-state index in [1.807, 2.05) is 49.2 Å². The summed E-state index contributed by atoms with van der Waals surface area (Å²) < 4.78 is 0. The van der Waals surface area contributed by atoms with Gasteiger partial charge in [-0.2, -0.15) is 0 Å². The van der Waals surface area contributed by atoms with E-state index < -0.39 is 0 Å². The van der Waals surface area contributed by atoms with Gasteiger partial charge in [0, 0.05) is 23.4 Å². The summed E-state index contributed by atoms with van der Waals surface area (Å²) in [6.07, 6.45) is 0. The van der Waals surface area contributed by atoms with Gasteiger partial charge < -0.3 is 10.0 Å².